The number of ether oxygens (including phenoxy) is 1. The minimum Gasteiger partial charge on any atom is -0.379 e. The van der Waals surface area contributed by atoms with Gasteiger partial charge in [0, 0.05) is 31.4 Å². The summed E-state index contributed by atoms with van der Waals surface area (Å²) < 4.78 is 18.6. The van der Waals surface area contributed by atoms with Gasteiger partial charge < -0.3 is 4.74 Å². The second-order valence-electron chi connectivity index (χ2n) is 5.98. The van der Waals surface area contributed by atoms with Crippen molar-refractivity contribution < 1.29 is 9.13 Å². The maximum absolute atomic E-state index is 13.2. The number of halogens is 1. The summed E-state index contributed by atoms with van der Waals surface area (Å²) in [6.45, 7) is 4.82. The highest BCUT2D eigenvalue weighted by atomic mass is 19.1. The molecule has 3 nitrogen and oxygen atoms in total. The molecule has 4 heteroatoms. The van der Waals surface area contributed by atoms with Crippen molar-refractivity contribution >= 4 is 0 Å². The molecule has 1 unspecified atom stereocenters. The van der Waals surface area contributed by atoms with Gasteiger partial charge in [-0.1, -0.05) is 12.1 Å². The van der Waals surface area contributed by atoms with Crippen molar-refractivity contribution in [3.63, 3.8) is 0 Å². The molecule has 23 heavy (non-hydrogen) atoms. The standard InChI is InChI=1S/C19H23FN2O/c20-18-5-3-16(4-6-18)19(17-7-9-21-10-8-17)2-1-11-22-12-14-23-15-13-22/h3-10,19H,1-2,11-15H2. The van der Waals surface area contributed by atoms with Crippen LogP contribution in [0.1, 0.15) is 29.9 Å². The van der Waals surface area contributed by atoms with Gasteiger partial charge in [-0.25, -0.2) is 4.39 Å². The van der Waals surface area contributed by atoms with Crippen LogP contribution in [0.25, 0.3) is 0 Å². The summed E-state index contributed by atoms with van der Waals surface area (Å²) in [4.78, 5) is 6.56. The number of hydrogen-bond acceptors (Lipinski definition) is 3. The molecule has 2 aromatic rings. The van der Waals surface area contributed by atoms with E-state index in [-0.39, 0.29) is 5.82 Å². The fraction of sp³-hybridized carbons (Fsp3) is 0.421. The fourth-order valence-corrected chi connectivity index (χ4v) is 3.16. The molecule has 3 rings (SSSR count). The van der Waals surface area contributed by atoms with E-state index >= 15 is 0 Å². The van der Waals surface area contributed by atoms with E-state index in [2.05, 4.69) is 22.0 Å². The van der Waals surface area contributed by atoms with Gasteiger partial charge in [-0.3, -0.25) is 9.88 Å². The first-order valence-electron chi connectivity index (χ1n) is 8.28. The molecule has 2 heterocycles. The van der Waals surface area contributed by atoms with Crippen LogP contribution in [0.5, 0.6) is 0 Å². The van der Waals surface area contributed by atoms with E-state index in [0.717, 1.165) is 45.7 Å². The highest BCUT2D eigenvalue weighted by molar-refractivity contribution is 5.31. The quantitative estimate of drug-likeness (QED) is 0.816. The lowest BCUT2D eigenvalue weighted by Crippen LogP contribution is -2.36. The second-order valence-corrected chi connectivity index (χ2v) is 5.98. The topological polar surface area (TPSA) is 25.4 Å². The van der Waals surface area contributed by atoms with E-state index in [1.807, 2.05) is 24.5 Å². The lowest BCUT2D eigenvalue weighted by atomic mass is 9.88. The van der Waals surface area contributed by atoms with Gasteiger partial charge in [0.25, 0.3) is 0 Å². The highest BCUT2D eigenvalue weighted by Gasteiger charge is 2.16. The summed E-state index contributed by atoms with van der Waals surface area (Å²) in [5.41, 5.74) is 2.41. The van der Waals surface area contributed by atoms with E-state index in [1.165, 1.54) is 11.1 Å². The van der Waals surface area contributed by atoms with Crippen LogP contribution in [-0.2, 0) is 4.74 Å². The average molecular weight is 314 g/mol. The predicted molar refractivity (Wildman–Crippen MR) is 89.0 cm³/mol. The molecule has 1 aliphatic heterocycles. The molecular weight excluding hydrogens is 291 g/mol. The molecule has 0 bridgehead atoms. The number of pyridine rings is 1. The van der Waals surface area contributed by atoms with E-state index < -0.39 is 0 Å². The van der Waals surface area contributed by atoms with E-state index in [1.54, 1.807) is 12.1 Å². The summed E-state index contributed by atoms with van der Waals surface area (Å²) in [7, 11) is 0. The Morgan fingerprint density at radius 1 is 1.00 bits per heavy atom. The molecule has 1 aliphatic rings. The maximum atomic E-state index is 13.2. The predicted octanol–water partition coefficient (Wildman–Crippen LogP) is 3.47. The van der Waals surface area contributed by atoms with Gasteiger partial charge in [0.2, 0.25) is 0 Å². The Labute approximate surface area is 137 Å². The lowest BCUT2D eigenvalue weighted by molar-refractivity contribution is 0.0371. The van der Waals surface area contributed by atoms with Crippen LogP contribution >= 0.6 is 0 Å². The number of nitrogens with zero attached hydrogens (tertiary/aromatic N) is 2. The second kappa shape index (κ2) is 8.18. The smallest absolute Gasteiger partial charge is 0.123 e. The van der Waals surface area contributed by atoms with Gasteiger partial charge in [0.1, 0.15) is 5.82 Å². The third kappa shape index (κ3) is 4.60. The van der Waals surface area contributed by atoms with Crippen molar-refractivity contribution in [2.75, 3.05) is 32.8 Å². The van der Waals surface area contributed by atoms with Gasteiger partial charge in [-0.15, -0.1) is 0 Å². The molecule has 0 saturated carbocycles. The zero-order valence-corrected chi connectivity index (χ0v) is 13.3. The summed E-state index contributed by atoms with van der Waals surface area (Å²) in [5.74, 6) is 0.107. The zero-order chi connectivity index (χ0) is 15.9. The van der Waals surface area contributed by atoms with Crippen molar-refractivity contribution in [2.24, 2.45) is 0 Å². The van der Waals surface area contributed by atoms with Crippen LogP contribution in [0.15, 0.2) is 48.8 Å². The number of benzene rings is 1. The van der Waals surface area contributed by atoms with Crippen molar-refractivity contribution in [1.82, 2.24) is 9.88 Å². The molecule has 0 radical (unpaired) electrons. The average Bonchev–Trinajstić information content (AvgIpc) is 2.61. The number of hydrogen-bond donors (Lipinski definition) is 0. The Morgan fingerprint density at radius 3 is 2.35 bits per heavy atom. The molecule has 1 aromatic heterocycles. The van der Waals surface area contributed by atoms with Crippen molar-refractivity contribution in [1.29, 1.82) is 0 Å². The van der Waals surface area contributed by atoms with Gasteiger partial charge in [-0.2, -0.15) is 0 Å². The van der Waals surface area contributed by atoms with Crippen LogP contribution in [0.4, 0.5) is 4.39 Å². The first-order valence-corrected chi connectivity index (χ1v) is 8.28. The molecule has 1 atom stereocenters. The van der Waals surface area contributed by atoms with Crippen LogP contribution in [0.3, 0.4) is 0 Å². The van der Waals surface area contributed by atoms with Crippen LogP contribution in [-0.4, -0.2) is 42.7 Å². The zero-order valence-electron chi connectivity index (χ0n) is 13.3. The van der Waals surface area contributed by atoms with Gasteiger partial charge >= 0.3 is 0 Å². The molecule has 1 fully saturated rings. The Hall–Kier alpha value is -1.78. The molecule has 122 valence electrons. The van der Waals surface area contributed by atoms with E-state index in [9.17, 15) is 4.39 Å². The van der Waals surface area contributed by atoms with Crippen molar-refractivity contribution in [3.8, 4) is 0 Å². The van der Waals surface area contributed by atoms with Crippen LogP contribution in [0, 0.1) is 5.82 Å². The lowest BCUT2D eigenvalue weighted by Gasteiger charge is -2.27. The van der Waals surface area contributed by atoms with Crippen molar-refractivity contribution in [2.45, 2.75) is 18.8 Å². The molecule has 0 N–H and O–H groups in total. The Bertz CT molecular complexity index is 582. The summed E-state index contributed by atoms with van der Waals surface area (Å²) in [6.07, 6.45) is 5.82. The van der Waals surface area contributed by atoms with Crippen molar-refractivity contribution in [3.05, 3.63) is 65.7 Å². The first-order chi connectivity index (χ1) is 11.3. The van der Waals surface area contributed by atoms with Gasteiger partial charge in [0.15, 0.2) is 0 Å². The van der Waals surface area contributed by atoms with Crippen LogP contribution in [0.2, 0.25) is 0 Å². The van der Waals surface area contributed by atoms with E-state index in [0.29, 0.717) is 5.92 Å². The Balaban J connectivity index is 1.66. The maximum Gasteiger partial charge on any atom is 0.123 e. The minimum absolute atomic E-state index is 0.185. The third-order valence-electron chi connectivity index (χ3n) is 4.45. The summed E-state index contributed by atoms with van der Waals surface area (Å²) in [5, 5.41) is 0. The fourth-order valence-electron chi connectivity index (χ4n) is 3.16. The summed E-state index contributed by atoms with van der Waals surface area (Å²) >= 11 is 0. The molecule has 0 aliphatic carbocycles. The molecule has 1 aromatic carbocycles. The van der Waals surface area contributed by atoms with Gasteiger partial charge in [-0.05, 0) is 54.8 Å². The molecule has 0 amide bonds. The molecule has 1 saturated heterocycles. The molecule has 0 spiro atoms. The molecular formula is C19H23FN2O. The number of aromatic nitrogens is 1. The largest absolute Gasteiger partial charge is 0.379 e. The third-order valence-corrected chi connectivity index (χ3v) is 4.45. The Kier molecular flexibility index (Phi) is 5.72. The van der Waals surface area contributed by atoms with Crippen LogP contribution < -0.4 is 0 Å². The SMILES string of the molecule is Fc1ccc(C(CCCN2CCOCC2)c2ccncc2)cc1. The van der Waals surface area contributed by atoms with Gasteiger partial charge in [0.05, 0.1) is 13.2 Å². The first kappa shape index (κ1) is 16.1. The Morgan fingerprint density at radius 2 is 1.65 bits per heavy atom. The summed E-state index contributed by atoms with van der Waals surface area (Å²) in [6, 6.07) is 11.0. The highest BCUT2D eigenvalue weighted by Crippen LogP contribution is 2.29. The monoisotopic (exact) mass is 314 g/mol. The minimum atomic E-state index is -0.185. The number of morpholine rings is 1. The normalized spacial score (nSPS) is 17.1. The van der Waals surface area contributed by atoms with E-state index in [4.69, 9.17) is 4.74 Å². The number of rotatable bonds is 6.